The van der Waals surface area contributed by atoms with E-state index in [0.717, 1.165) is 6.07 Å². The van der Waals surface area contributed by atoms with Gasteiger partial charge >= 0.3 is 12.1 Å². The summed E-state index contributed by atoms with van der Waals surface area (Å²) in [4.78, 5) is 31.3. The Morgan fingerprint density at radius 3 is 2.57 bits per heavy atom. The summed E-state index contributed by atoms with van der Waals surface area (Å²) in [6, 6.07) is 4.79. The van der Waals surface area contributed by atoms with Crippen LogP contribution in [0.1, 0.15) is 28.2 Å². The number of carboxylic acids is 1. The molecule has 0 aliphatic heterocycles. The van der Waals surface area contributed by atoms with Gasteiger partial charge in [-0.25, -0.2) is 9.78 Å². The van der Waals surface area contributed by atoms with Gasteiger partial charge < -0.3 is 20.1 Å². The van der Waals surface area contributed by atoms with E-state index in [1.54, 1.807) is 0 Å². The summed E-state index contributed by atoms with van der Waals surface area (Å²) in [6.45, 7) is 0. The summed E-state index contributed by atoms with van der Waals surface area (Å²) in [6.07, 6.45) is -3.80. The highest BCUT2D eigenvalue weighted by atomic mass is 19.4. The molecule has 0 spiro atoms. The summed E-state index contributed by atoms with van der Waals surface area (Å²) in [5, 5.41) is 24.2. The number of aryl methyl sites for hydroxylation is 1. The molecule has 3 N–H and O–H groups in total. The van der Waals surface area contributed by atoms with Crippen molar-refractivity contribution in [2.24, 2.45) is 0 Å². The molecule has 0 radical (unpaired) electrons. The van der Waals surface area contributed by atoms with Gasteiger partial charge in [-0.2, -0.15) is 18.2 Å². The van der Waals surface area contributed by atoms with E-state index < -0.39 is 34.9 Å². The standard InChI is InChI=1S/C18H13F3N4O5/c19-18(20,21)9-1-3-11(17(28)29)13(7-9)23-14(27)5-6-15-24-16(25-30-15)12-4-2-10(26)8-22-12/h1-4,7-8,26H,5-6H2,(H,23,27)(H,28,29). The zero-order valence-electron chi connectivity index (χ0n) is 15.0. The molecular formula is C18H13F3N4O5. The monoisotopic (exact) mass is 422 g/mol. The van der Waals surface area contributed by atoms with E-state index >= 15 is 0 Å². The van der Waals surface area contributed by atoms with Gasteiger partial charge in [0.1, 0.15) is 11.4 Å². The first-order chi connectivity index (χ1) is 14.1. The number of halogens is 3. The molecule has 1 amide bonds. The van der Waals surface area contributed by atoms with Gasteiger partial charge in [0, 0.05) is 12.8 Å². The Bertz CT molecular complexity index is 1080. The quantitative estimate of drug-likeness (QED) is 0.551. The number of nitrogens with one attached hydrogen (secondary N) is 1. The van der Waals surface area contributed by atoms with Crippen molar-refractivity contribution >= 4 is 17.6 Å². The van der Waals surface area contributed by atoms with E-state index in [1.807, 2.05) is 0 Å². The number of hydrogen-bond acceptors (Lipinski definition) is 7. The predicted octanol–water partition coefficient (Wildman–Crippen LogP) is 3.13. The minimum Gasteiger partial charge on any atom is -0.506 e. The van der Waals surface area contributed by atoms with Crippen LogP contribution in [0.25, 0.3) is 11.5 Å². The minimum atomic E-state index is -4.70. The average Bonchev–Trinajstić information content (AvgIpc) is 3.15. The van der Waals surface area contributed by atoms with Gasteiger partial charge in [0.2, 0.25) is 17.6 Å². The van der Waals surface area contributed by atoms with Crippen LogP contribution in [-0.4, -0.2) is 37.2 Å². The van der Waals surface area contributed by atoms with Crippen LogP contribution < -0.4 is 5.32 Å². The number of rotatable bonds is 6. The number of aromatic nitrogens is 3. The Morgan fingerprint density at radius 2 is 1.93 bits per heavy atom. The van der Waals surface area contributed by atoms with Gasteiger partial charge in [-0.3, -0.25) is 4.79 Å². The number of nitrogens with zero attached hydrogens (tertiary/aromatic N) is 3. The fourth-order valence-electron chi connectivity index (χ4n) is 2.42. The second-order valence-electron chi connectivity index (χ2n) is 6.02. The molecule has 2 aromatic heterocycles. The maximum Gasteiger partial charge on any atom is 0.416 e. The fraction of sp³-hybridized carbons (Fsp3) is 0.167. The molecule has 9 nitrogen and oxygen atoms in total. The Labute approximate surface area is 166 Å². The molecule has 3 rings (SSSR count). The fourth-order valence-corrected chi connectivity index (χ4v) is 2.42. The molecule has 0 aliphatic rings. The molecule has 0 unspecified atom stereocenters. The minimum absolute atomic E-state index is 0.0434. The number of carboxylic acid groups (broad SMARTS) is 1. The van der Waals surface area contributed by atoms with Crippen molar-refractivity contribution in [1.82, 2.24) is 15.1 Å². The molecule has 0 saturated heterocycles. The first kappa shape index (κ1) is 20.8. The lowest BCUT2D eigenvalue weighted by molar-refractivity contribution is -0.137. The number of benzene rings is 1. The van der Waals surface area contributed by atoms with Gasteiger partial charge in [-0.15, -0.1) is 0 Å². The normalized spacial score (nSPS) is 11.3. The van der Waals surface area contributed by atoms with E-state index in [9.17, 15) is 27.9 Å². The third-order valence-corrected chi connectivity index (χ3v) is 3.86. The lowest BCUT2D eigenvalue weighted by atomic mass is 10.1. The van der Waals surface area contributed by atoms with Crippen LogP contribution in [0.4, 0.5) is 18.9 Å². The van der Waals surface area contributed by atoms with E-state index in [0.29, 0.717) is 17.8 Å². The third kappa shape index (κ3) is 4.90. The first-order valence-electron chi connectivity index (χ1n) is 8.36. The summed E-state index contributed by atoms with van der Waals surface area (Å²) in [5.41, 5.74) is -1.72. The molecule has 30 heavy (non-hydrogen) atoms. The number of pyridine rings is 1. The van der Waals surface area contributed by atoms with Crippen LogP contribution in [0.2, 0.25) is 0 Å². The van der Waals surface area contributed by atoms with Crippen molar-refractivity contribution < 1.29 is 37.5 Å². The van der Waals surface area contributed by atoms with Crippen LogP contribution >= 0.6 is 0 Å². The number of amides is 1. The molecule has 2 heterocycles. The summed E-state index contributed by atoms with van der Waals surface area (Å²) >= 11 is 0. The van der Waals surface area contributed by atoms with Crippen LogP contribution in [0.15, 0.2) is 41.1 Å². The van der Waals surface area contributed by atoms with E-state index in [1.165, 1.54) is 18.3 Å². The van der Waals surface area contributed by atoms with Crippen molar-refractivity contribution in [2.75, 3.05) is 5.32 Å². The lowest BCUT2D eigenvalue weighted by Crippen LogP contribution is -2.16. The van der Waals surface area contributed by atoms with Gasteiger partial charge in [-0.1, -0.05) is 5.16 Å². The second kappa shape index (κ2) is 8.19. The summed E-state index contributed by atoms with van der Waals surface area (Å²) in [7, 11) is 0. The SMILES string of the molecule is O=C(CCc1nc(-c2ccc(O)cn2)no1)Nc1cc(C(F)(F)F)ccc1C(=O)O. The predicted molar refractivity (Wildman–Crippen MR) is 94.5 cm³/mol. The van der Waals surface area contributed by atoms with Gasteiger partial charge in [0.25, 0.3) is 0 Å². The number of carbonyl (C=O) groups excluding carboxylic acids is 1. The zero-order valence-corrected chi connectivity index (χ0v) is 15.0. The maximum absolute atomic E-state index is 12.9. The smallest absolute Gasteiger partial charge is 0.416 e. The summed E-state index contributed by atoms with van der Waals surface area (Å²) in [5.74, 6) is -2.08. The van der Waals surface area contributed by atoms with E-state index in [-0.39, 0.29) is 30.3 Å². The second-order valence-corrected chi connectivity index (χ2v) is 6.02. The molecule has 0 aliphatic carbocycles. The first-order valence-corrected chi connectivity index (χ1v) is 8.36. The molecule has 12 heteroatoms. The van der Waals surface area contributed by atoms with Crippen LogP contribution in [0.5, 0.6) is 5.75 Å². The number of aromatic carboxylic acids is 1. The number of alkyl halides is 3. The molecular weight excluding hydrogens is 409 g/mol. The highest BCUT2D eigenvalue weighted by Crippen LogP contribution is 2.32. The van der Waals surface area contributed by atoms with Crippen LogP contribution in [0, 0.1) is 0 Å². The van der Waals surface area contributed by atoms with E-state index in [4.69, 9.17) is 9.63 Å². The highest BCUT2D eigenvalue weighted by Gasteiger charge is 2.31. The van der Waals surface area contributed by atoms with Crippen molar-refractivity contribution in [2.45, 2.75) is 19.0 Å². The van der Waals surface area contributed by atoms with Crippen molar-refractivity contribution in [3.63, 3.8) is 0 Å². The Balaban J connectivity index is 1.68. The van der Waals surface area contributed by atoms with Gasteiger partial charge in [0.05, 0.1) is 23.0 Å². The number of carbonyl (C=O) groups is 2. The topological polar surface area (TPSA) is 138 Å². The van der Waals surface area contributed by atoms with E-state index in [2.05, 4.69) is 20.4 Å². The number of aromatic hydroxyl groups is 1. The number of hydrogen-bond donors (Lipinski definition) is 3. The molecule has 3 aromatic rings. The van der Waals surface area contributed by atoms with Crippen LogP contribution in [0.3, 0.4) is 0 Å². The van der Waals surface area contributed by atoms with Crippen LogP contribution in [-0.2, 0) is 17.4 Å². The Kier molecular flexibility index (Phi) is 5.67. The molecule has 0 fully saturated rings. The Hall–Kier alpha value is -3.96. The largest absolute Gasteiger partial charge is 0.506 e. The van der Waals surface area contributed by atoms with Crippen molar-refractivity contribution in [3.8, 4) is 17.3 Å². The van der Waals surface area contributed by atoms with Gasteiger partial charge in [0.15, 0.2) is 0 Å². The maximum atomic E-state index is 12.9. The highest BCUT2D eigenvalue weighted by molar-refractivity contribution is 6.00. The Morgan fingerprint density at radius 1 is 1.17 bits per heavy atom. The van der Waals surface area contributed by atoms with Gasteiger partial charge in [-0.05, 0) is 30.3 Å². The van der Waals surface area contributed by atoms with Crippen molar-refractivity contribution in [1.29, 1.82) is 0 Å². The third-order valence-electron chi connectivity index (χ3n) is 3.86. The number of anilines is 1. The molecule has 1 aromatic carbocycles. The molecule has 156 valence electrons. The lowest BCUT2D eigenvalue weighted by Gasteiger charge is -2.12. The molecule has 0 atom stereocenters. The van der Waals surface area contributed by atoms with Crippen molar-refractivity contribution in [3.05, 3.63) is 53.5 Å². The average molecular weight is 422 g/mol. The molecule has 0 saturated carbocycles. The molecule has 0 bridgehead atoms. The zero-order chi connectivity index (χ0) is 21.9. The summed E-state index contributed by atoms with van der Waals surface area (Å²) < 4.78 is 43.6.